The average molecular weight is 392 g/mol. The lowest BCUT2D eigenvalue weighted by molar-refractivity contribution is 0.0594. The summed E-state index contributed by atoms with van der Waals surface area (Å²) in [6.07, 6.45) is 0.788. The molecule has 2 aliphatic heterocycles. The first-order valence-electron chi connectivity index (χ1n) is 10.5. The molecule has 0 aliphatic carbocycles. The van der Waals surface area contributed by atoms with Crippen LogP contribution in [0.2, 0.25) is 0 Å². The van der Waals surface area contributed by atoms with Gasteiger partial charge in [0.1, 0.15) is 0 Å². The van der Waals surface area contributed by atoms with Crippen LogP contribution in [0.3, 0.4) is 0 Å². The third-order valence-electron chi connectivity index (χ3n) is 6.11. The predicted molar refractivity (Wildman–Crippen MR) is 114 cm³/mol. The fourth-order valence-corrected chi connectivity index (χ4v) is 4.25. The molecule has 0 atom stereocenters. The van der Waals surface area contributed by atoms with Gasteiger partial charge in [-0.2, -0.15) is 0 Å². The van der Waals surface area contributed by atoms with Crippen molar-refractivity contribution in [2.24, 2.45) is 0 Å². The standard InChI is InChI=1S/C24H29N3O2/c1-18(2)25-12-14-26(15-13-25)24(29)21-8-9-22-17-27(11-10-20(22)16-21)23(28)19-6-4-3-5-7-19/h3-9,16,18H,10-15,17H2,1-2H3. The number of carbonyl (C=O) groups is 2. The summed E-state index contributed by atoms with van der Waals surface area (Å²) in [5, 5.41) is 0. The number of nitrogens with zero attached hydrogens (tertiary/aromatic N) is 3. The summed E-state index contributed by atoms with van der Waals surface area (Å²) in [6, 6.07) is 15.9. The summed E-state index contributed by atoms with van der Waals surface area (Å²) < 4.78 is 0. The zero-order valence-corrected chi connectivity index (χ0v) is 17.3. The molecule has 2 heterocycles. The molecule has 0 radical (unpaired) electrons. The van der Waals surface area contributed by atoms with Crippen molar-refractivity contribution in [1.82, 2.24) is 14.7 Å². The number of rotatable bonds is 3. The molecule has 0 aromatic heterocycles. The summed E-state index contributed by atoms with van der Waals surface area (Å²) in [5.41, 5.74) is 3.82. The maximum atomic E-state index is 13.0. The average Bonchev–Trinajstić information content (AvgIpc) is 2.78. The van der Waals surface area contributed by atoms with Crippen LogP contribution in [0.5, 0.6) is 0 Å². The van der Waals surface area contributed by atoms with Gasteiger partial charge in [0.25, 0.3) is 11.8 Å². The van der Waals surface area contributed by atoms with Crippen LogP contribution >= 0.6 is 0 Å². The normalized spacial score (nSPS) is 17.3. The first-order valence-corrected chi connectivity index (χ1v) is 10.5. The van der Waals surface area contributed by atoms with Gasteiger partial charge in [-0.05, 0) is 55.7 Å². The molecule has 0 spiro atoms. The molecule has 0 N–H and O–H groups in total. The van der Waals surface area contributed by atoms with Crippen LogP contribution in [-0.4, -0.2) is 65.3 Å². The van der Waals surface area contributed by atoms with Crippen molar-refractivity contribution < 1.29 is 9.59 Å². The molecule has 29 heavy (non-hydrogen) atoms. The van der Waals surface area contributed by atoms with Crippen molar-refractivity contribution >= 4 is 11.8 Å². The van der Waals surface area contributed by atoms with Crippen molar-refractivity contribution in [2.45, 2.75) is 32.9 Å². The summed E-state index contributed by atoms with van der Waals surface area (Å²) in [7, 11) is 0. The Morgan fingerprint density at radius 1 is 0.759 bits per heavy atom. The van der Waals surface area contributed by atoms with Gasteiger partial charge in [0.05, 0.1) is 0 Å². The minimum atomic E-state index is 0.0689. The lowest BCUT2D eigenvalue weighted by atomic mass is 9.96. The SMILES string of the molecule is CC(C)N1CCN(C(=O)c2ccc3c(c2)CCN(C(=O)c2ccccc2)C3)CC1. The Hall–Kier alpha value is -2.66. The van der Waals surface area contributed by atoms with Crippen LogP contribution in [0.4, 0.5) is 0 Å². The highest BCUT2D eigenvalue weighted by Gasteiger charge is 2.26. The molecule has 0 unspecified atom stereocenters. The van der Waals surface area contributed by atoms with Gasteiger partial charge in [-0.1, -0.05) is 24.3 Å². The molecule has 152 valence electrons. The van der Waals surface area contributed by atoms with Crippen molar-refractivity contribution in [2.75, 3.05) is 32.7 Å². The fourth-order valence-electron chi connectivity index (χ4n) is 4.25. The Morgan fingerprint density at radius 2 is 1.45 bits per heavy atom. The summed E-state index contributed by atoms with van der Waals surface area (Å²) in [6.45, 7) is 9.13. The van der Waals surface area contributed by atoms with E-state index in [2.05, 4.69) is 18.7 Å². The van der Waals surface area contributed by atoms with Crippen molar-refractivity contribution in [3.63, 3.8) is 0 Å². The van der Waals surface area contributed by atoms with Gasteiger partial charge < -0.3 is 9.80 Å². The van der Waals surface area contributed by atoms with E-state index in [1.54, 1.807) is 0 Å². The minimum Gasteiger partial charge on any atom is -0.336 e. The van der Waals surface area contributed by atoms with Gasteiger partial charge in [-0.25, -0.2) is 0 Å². The summed E-state index contributed by atoms with van der Waals surface area (Å²) in [5.74, 6) is 0.193. The molecule has 5 heteroatoms. The highest BCUT2D eigenvalue weighted by atomic mass is 16.2. The highest BCUT2D eigenvalue weighted by molar-refractivity contribution is 5.95. The Bertz CT molecular complexity index is 886. The highest BCUT2D eigenvalue weighted by Crippen LogP contribution is 2.23. The number of hydrogen-bond donors (Lipinski definition) is 0. The number of fused-ring (bicyclic) bond motifs is 1. The van der Waals surface area contributed by atoms with Crippen molar-refractivity contribution in [1.29, 1.82) is 0 Å². The molecular weight excluding hydrogens is 362 g/mol. The summed E-state index contributed by atoms with van der Waals surface area (Å²) >= 11 is 0. The van der Waals surface area contributed by atoms with E-state index in [4.69, 9.17) is 0 Å². The van der Waals surface area contributed by atoms with Crippen LogP contribution in [-0.2, 0) is 13.0 Å². The van der Waals surface area contributed by atoms with Gasteiger partial charge in [0, 0.05) is 56.4 Å². The van der Waals surface area contributed by atoms with E-state index in [0.717, 1.165) is 49.3 Å². The number of carbonyl (C=O) groups excluding carboxylic acids is 2. The number of piperazine rings is 1. The first kappa shape index (κ1) is 19.6. The number of amides is 2. The monoisotopic (exact) mass is 391 g/mol. The van der Waals surface area contributed by atoms with Crippen LogP contribution < -0.4 is 0 Å². The second-order valence-electron chi connectivity index (χ2n) is 8.25. The maximum Gasteiger partial charge on any atom is 0.254 e. The Labute approximate surface area is 172 Å². The molecule has 0 saturated carbocycles. The quantitative estimate of drug-likeness (QED) is 0.808. The molecule has 5 nitrogen and oxygen atoms in total. The lowest BCUT2D eigenvalue weighted by Gasteiger charge is -2.37. The Kier molecular flexibility index (Phi) is 5.67. The van der Waals surface area contributed by atoms with Crippen molar-refractivity contribution in [3.05, 3.63) is 70.8 Å². The van der Waals surface area contributed by atoms with E-state index < -0.39 is 0 Å². The molecule has 2 aromatic carbocycles. The zero-order valence-electron chi connectivity index (χ0n) is 17.3. The first-order chi connectivity index (χ1) is 14.0. The number of hydrogen-bond acceptors (Lipinski definition) is 3. The van der Waals surface area contributed by atoms with Gasteiger partial charge in [-0.15, -0.1) is 0 Å². The molecule has 2 aliphatic rings. The van der Waals surface area contributed by atoms with Gasteiger partial charge in [0.2, 0.25) is 0 Å². The van der Waals surface area contributed by atoms with Gasteiger partial charge in [-0.3, -0.25) is 14.5 Å². The van der Waals surface area contributed by atoms with Crippen LogP contribution in [0.15, 0.2) is 48.5 Å². The number of benzene rings is 2. The van der Waals surface area contributed by atoms with E-state index in [1.165, 1.54) is 5.56 Å². The van der Waals surface area contributed by atoms with Gasteiger partial charge >= 0.3 is 0 Å². The molecule has 1 fully saturated rings. The minimum absolute atomic E-state index is 0.0689. The molecule has 2 amide bonds. The van der Waals surface area contributed by atoms with E-state index in [9.17, 15) is 9.59 Å². The van der Waals surface area contributed by atoms with Crippen LogP contribution in [0.25, 0.3) is 0 Å². The topological polar surface area (TPSA) is 43.9 Å². The Balaban J connectivity index is 1.43. The second-order valence-corrected chi connectivity index (χ2v) is 8.25. The molecule has 4 rings (SSSR count). The fraction of sp³-hybridized carbons (Fsp3) is 0.417. The zero-order chi connectivity index (χ0) is 20.4. The van der Waals surface area contributed by atoms with E-state index in [1.807, 2.05) is 58.3 Å². The largest absolute Gasteiger partial charge is 0.336 e. The van der Waals surface area contributed by atoms with Crippen LogP contribution in [0, 0.1) is 0 Å². The molecule has 0 bridgehead atoms. The van der Waals surface area contributed by atoms with E-state index in [0.29, 0.717) is 19.1 Å². The molecule has 2 aromatic rings. The lowest BCUT2D eigenvalue weighted by Crippen LogP contribution is -2.50. The summed E-state index contributed by atoms with van der Waals surface area (Å²) in [4.78, 5) is 32.0. The van der Waals surface area contributed by atoms with Crippen molar-refractivity contribution in [3.8, 4) is 0 Å². The van der Waals surface area contributed by atoms with Gasteiger partial charge in [0.15, 0.2) is 0 Å². The maximum absolute atomic E-state index is 13.0. The van der Waals surface area contributed by atoms with E-state index in [-0.39, 0.29) is 11.8 Å². The Morgan fingerprint density at radius 3 is 2.14 bits per heavy atom. The smallest absolute Gasteiger partial charge is 0.254 e. The second kappa shape index (κ2) is 8.37. The predicted octanol–water partition coefficient (Wildman–Crippen LogP) is 3.05. The molecular formula is C24H29N3O2. The third kappa shape index (κ3) is 4.20. The third-order valence-corrected chi connectivity index (χ3v) is 6.11. The van der Waals surface area contributed by atoms with E-state index >= 15 is 0 Å². The van der Waals surface area contributed by atoms with Crippen LogP contribution in [0.1, 0.15) is 45.7 Å². The molecule has 1 saturated heterocycles.